The van der Waals surface area contributed by atoms with E-state index in [4.69, 9.17) is 0 Å². The van der Waals surface area contributed by atoms with E-state index in [-0.39, 0.29) is 18.5 Å². The number of rotatable bonds is 6. The number of nitrogens with zero attached hydrogens (tertiary/aromatic N) is 2. The fourth-order valence-corrected chi connectivity index (χ4v) is 4.54. The highest BCUT2D eigenvalue weighted by molar-refractivity contribution is 6.09. The second-order valence-electron chi connectivity index (χ2n) is 9.06. The van der Waals surface area contributed by atoms with Crippen LogP contribution in [0, 0.1) is 12.7 Å². The van der Waals surface area contributed by atoms with Gasteiger partial charge in [0.05, 0.1) is 0 Å². The van der Waals surface area contributed by atoms with Crippen molar-refractivity contribution in [2.45, 2.75) is 44.8 Å². The van der Waals surface area contributed by atoms with Gasteiger partial charge in [-0.15, -0.1) is 0 Å². The molecule has 2 heterocycles. The molecule has 33 heavy (non-hydrogen) atoms. The van der Waals surface area contributed by atoms with Crippen molar-refractivity contribution in [3.8, 4) is 0 Å². The Labute approximate surface area is 192 Å². The van der Waals surface area contributed by atoms with Crippen LogP contribution >= 0.6 is 0 Å². The summed E-state index contributed by atoms with van der Waals surface area (Å²) >= 11 is 0. The number of hydrogen-bond acceptors (Lipinski definition) is 4. The van der Waals surface area contributed by atoms with Crippen LogP contribution in [0.1, 0.15) is 36.5 Å². The topological polar surface area (TPSA) is 81.8 Å². The fourth-order valence-electron chi connectivity index (χ4n) is 4.54. The standard InChI is InChI=1S/C25H29FN4O3/c1-17-4-3-5-18(14-17)15-29-12-10-21(11-13-29)27-22(31)16-30-23(32)25(2,28-24(30)33)19-6-8-20(26)9-7-19/h3-9,14,21H,10-13,15-16H2,1-2H3,(H,27,31)(H,28,33). The van der Waals surface area contributed by atoms with E-state index >= 15 is 0 Å². The van der Waals surface area contributed by atoms with Gasteiger partial charge >= 0.3 is 6.03 Å². The lowest BCUT2D eigenvalue weighted by molar-refractivity contribution is -0.135. The van der Waals surface area contributed by atoms with Crippen molar-refractivity contribution in [3.05, 3.63) is 71.0 Å². The van der Waals surface area contributed by atoms with Gasteiger partial charge < -0.3 is 10.6 Å². The third-order valence-corrected chi connectivity index (χ3v) is 6.44. The van der Waals surface area contributed by atoms with Crippen molar-refractivity contribution in [3.63, 3.8) is 0 Å². The summed E-state index contributed by atoms with van der Waals surface area (Å²) in [6.45, 7) is 5.91. The van der Waals surface area contributed by atoms with Crippen LogP contribution in [-0.2, 0) is 21.7 Å². The van der Waals surface area contributed by atoms with Crippen molar-refractivity contribution >= 4 is 17.8 Å². The molecule has 0 saturated carbocycles. The molecule has 2 fully saturated rings. The number of aryl methyl sites for hydroxylation is 1. The number of piperidine rings is 1. The largest absolute Gasteiger partial charge is 0.352 e. The van der Waals surface area contributed by atoms with Gasteiger partial charge in [0, 0.05) is 25.7 Å². The van der Waals surface area contributed by atoms with E-state index in [0.717, 1.165) is 37.4 Å². The first kappa shape index (κ1) is 22.9. The molecule has 7 nitrogen and oxygen atoms in total. The van der Waals surface area contributed by atoms with Crippen LogP contribution in [0.2, 0.25) is 0 Å². The molecule has 8 heteroatoms. The fraction of sp³-hybridized carbons (Fsp3) is 0.400. The third-order valence-electron chi connectivity index (χ3n) is 6.44. The molecule has 0 bridgehead atoms. The number of benzene rings is 2. The second kappa shape index (κ2) is 9.31. The molecule has 2 aliphatic heterocycles. The summed E-state index contributed by atoms with van der Waals surface area (Å²) < 4.78 is 13.3. The first-order chi connectivity index (χ1) is 15.7. The SMILES string of the molecule is Cc1cccc(CN2CCC(NC(=O)CN3C(=O)NC(C)(c4ccc(F)cc4)C3=O)CC2)c1. The maximum atomic E-state index is 13.3. The zero-order valence-corrected chi connectivity index (χ0v) is 18.9. The smallest absolute Gasteiger partial charge is 0.325 e. The number of nitrogens with one attached hydrogen (secondary N) is 2. The number of halogens is 1. The summed E-state index contributed by atoms with van der Waals surface area (Å²) in [6, 6.07) is 13.2. The summed E-state index contributed by atoms with van der Waals surface area (Å²) in [5.41, 5.74) is 1.66. The molecule has 1 atom stereocenters. The average Bonchev–Trinajstić information content (AvgIpc) is 2.99. The van der Waals surface area contributed by atoms with Gasteiger partial charge in [-0.3, -0.25) is 19.4 Å². The Kier molecular flexibility index (Phi) is 6.47. The average molecular weight is 453 g/mol. The Morgan fingerprint density at radius 1 is 1.15 bits per heavy atom. The lowest BCUT2D eigenvalue weighted by Crippen LogP contribution is -2.48. The van der Waals surface area contributed by atoms with E-state index in [0.29, 0.717) is 5.56 Å². The molecule has 2 saturated heterocycles. The summed E-state index contributed by atoms with van der Waals surface area (Å²) in [6.07, 6.45) is 1.62. The van der Waals surface area contributed by atoms with Crippen molar-refractivity contribution < 1.29 is 18.8 Å². The number of likely N-dealkylation sites (tertiary alicyclic amines) is 1. The number of carbonyl (C=O) groups is 3. The molecular weight excluding hydrogens is 423 g/mol. The first-order valence-corrected chi connectivity index (χ1v) is 11.2. The second-order valence-corrected chi connectivity index (χ2v) is 9.06. The minimum atomic E-state index is -1.33. The predicted molar refractivity (Wildman–Crippen MR) is 122 cm³/mol. The zero-order valence-electron chi connectivity index (χ0n) is 18.9. The van der Waals surface area contributed by atoms with Gasteiger partial charge in [0.1, 0.15) is 17.9 Å². The van der Waals surface area contributed by atoms with Crippen LogP contribution in [-0.4, -0.2) is 53.3 Å². The molecule has 4 amide bonds. The van der Waals surface area contributed by atoms with E-state index in [1.807, 2.05) is 0 Å². The van der Waals surface area contributed by atoms with E-state index < -0.39 is 23.3 Å². The lowest BCUT2D eigenvalue weighted by Gasteiger charge is -2.32. The monoisotopic (exact) mass is 452 g/mol. The predicted octanol–water partition coefficient (Wildman–Crippen LogP) is 2.68. The maximum Gasteiger partial charge on any atom is 0.325 e. The van der Waals surface area contributed by atoms with Crippen LogP contribution < -0.4 is 10.6 Å². The van der Waals surface area contributed by atoms with Gasteiger partial charge in [-0.05, 0) is 49.9 Å². The van der Waals surface area contributed by atoms with Gasteiger partial charge in [0.2, 0.25) is 5.91 Å². The van der Waals surface area contributed by atoms with Crippen LogP contribution in [0.3, 0.4) is 0 Å². The summed E-state index contributed by atoms with van der Waals surface area (Å²) in [5.74, 6) is -1.32. The number of imide groups is 1. The van der Waals surface area contributed by atoms with Crippen LogP contribution in [0.15, 0.2) is 48.5 Å². The molecule has 4 rings (SSSR count). The van der Waals surface area contributed by atoms with Crippen LogP contribution in [0.4, 0.5) is 9.18 Å². The Hall–Kier alpha value is -3.26. The van der Waals surface area contributed by atoms with E-state index in [2.05, 4.69) is 46.7 Å². The van der Waals surface area contributed by atoms with Gasteiger partial charge in [-0.2, -0.15) is 0 Å². The third kappa shape index (κ3) is 5.06. The van der Waals surface area contributed by atoms with Gasteiger partial charge in [0.15, 0.2) is 0 Å². The van der Waals surface area contributed by atoms with Gasteiger partial charge in [-0.25, -0.2) is 9.18 Å². The maximum absolute atomic E-state index is 13.3. The summed E-state index contributed by atoms with van der Waals surface area (Å²) in [4.78, 5) is 41.3. The Morgan fingerprint density at radius 2 is 1.85 bits per heavy atom. The van der Waals surface area contributed by atoms with E-state index in [9.17, 15) is 18.8 Å². The number of hydrogen-bond donors (Lipinski definition) is 2. The normalized spacial score (nSPS) is 21.8. The van der Waals surface area contributed by atoms with Crippen molar-refractivity contribution in [1.29, 1.82) is 0 Å². The lowest BCUT2D eigenvalue weighted by atomic mass is 9.92. The highest BCUT2D eigenvalue weighted by atomic mass is 19.1. The van der Waals surface area contributed by atoms with Crippen molar-refractivity contribution in [2.24, 2.45) is 0 Å². The minimum Gasteiger partial charge on any atom is -0.352 e. The zero-order chi connectivity index (χ0) is 23.6. The van der Waals surface area contributed by atoms with E-state index in [1.54, 1.807) is 6.92 Å². The highest BCUT2D eigenvalue weighted by Crippen LogP contribution is 2.28. The molecule has 0 spiro atoms. The molecule has 1 unspecified atom stereocenters. The van der Waals surface area contributed by atoms with Crippen LogP contribution in [0.25, 0.3) is 0 Å². The number of urea groups is 1. The Morgan fingerprint density at radius 3 is 2.52 bits per heavy atom. The Bertz CT molecular complexity index is 1050. The summed E-state index contributed by atoms with van der Waals surface area (Å²) in [7, 11) is 0. The first-order valence-electron chi connectivity index (χ1n) is 11.2. The van der Waals surface area contributed by atoms with Crippen LogP contribution in [0.5, 0.6) is 0 Å². The van der Waals surface area contributed by atoms with Crippen molar-refractivity contribution in [2.75, 3.05) is 19.6 Å². The number of carbonyl (C=O) groups excluding carboxylic acids is 3. The summed E-state index contributed by atoms with van der Waals surface area (Å²) in [5, 5.41) is 5.60. The quantitative estimate of drug-likeness (QED) is 0.661. The molecule has 2 aromatic carbocycles. The molecule has 0 aliphatic carbocycles. The van der Waals surface area contributed by atoms with E-state index in [1.165, 1.54) is 35.4 Å². The van der Waals surface area contributed by atoms with Gasteiger partial charge in [0.25, 0.3) is 5.91 Å². The van der Waals surface area contributed by atoms with Gasteiger partial charge in [-0.1, -0.05) is 42.0 Å². The minimum absolute atomic E-state index is 0.00973. The number of amides is 4. The molecule has 2 N–H and O–H groups in total. The molecule has 0 radical (unpaired) electrons. The molecule has 174 valence electrons. The molecule has 0 aromatic heterocycles. The Balaban J connectivity index is 1.29. The highest BCUT2D eigenvalue weighted by Gasteiger charge is 2.49. The molecule has 2 aromatic rings. The van der Waals surface area contributed by atoms with Crippen molar-refractivity contribution in [1.82, 2.24) is 20.4 Å². The molecule has 2 aliphatic rings. The molecular formula is C25H29FN4O3.